The van der Waals surface area contributed by atoms with Crippen molar-refractivity contribution < 1.29 is 20.1 Å². The predicted octanol–water partition coefficient (Wildman–Crippen LogP) is 7.30. The number of ether oxygens (including phenoxy) is 1. The van der Waals surface area contributed by atoms with E-state index < -0.39 is 0 Å². The molecule has 0 spiro atoms. The van der Waals surface area contributed by atoms with E-state index in [-0.39, 0.29) is 17.2 Å². The molecule has 5 nitrogen and oxygen atoms in total. The van der Waals surface area contributed by atoms with Crippen LogP contribution < -0.4 is 9.64 Å². The first-order valence-electron chi connectivity index (χ1n) is 10.7. The molecule has 0 amide bonds. The summed E-state index contributed by atoms with van der Waals surface area (Å²) >= 11 is 0. The summed E-state index contributed by atoms with van der Waals surface area (Å²) in [6, 6.07) is 21.5. The summed E-state index contributed by atoms with van der Waals surface area (Å²) in [5.41, 5.74) is 6.01. The first-order valence-corrected chi connectivity index (χ1v) is 10.7. The Labute approximate surface area is 193 Å². The topological polar surface area (TPSA) is 73.2 Å². The third kappa shape index (κ3) is 4.44. The molecule has 0 aliphatic heterocycles. The molecule has 0 aliphatic rings. The Kier molecular flexibility index (Phi) is 5.88. The van der Waals surface area contributed by atoms with Crippen molar-refractivity contribution in [3.8, 4) is 28.7 Å². The maximum Gasteiger partial charge on any atom is 0.136 e. The molecular formula is C28H27NO4. The number of phenols is 3. The van der Waals surface area contributed by atoms with Crippen LogP contribution in [0.4, 0.5) is 17.1 Å². The first kappa shape index (κ1) is 22.1. The highest BCUT2D eigenvalue weighted by Crippen LogP contribution is 2.42. The lowest BCUT2D eigenvalue weighted by Crippen LogP contribution is -2.12. The average molecular weight is 442 g/mol. The molecule has 168 valence electrons. The fraction of sp³-hybridized carbons (Fsp3) is 0.143. The summed E-state index contributed by atoms with van der Waals surface area (Å²) in [6.45, 7) is 7.71. The van der Waals surface area contributed by atoms with E-state index in [0.717, 1.165) is 33.8 Å². The van der Waals surface area contributed by atoms with Crippen LogP contribution in [0.2, 0.25) is 0 Å². The number of hydrogen-bond donors (Lipinski definition) is 3. The monoisotopic (exact) mass is 441 g/mol. The van der Waals surface area contributed by atoms with Crippen LogP contribution >= 0.6 is 0 Å². The van der Waals surface area contributed by atoms with Gasteiger partial charge in [0.15, 0.2) is 0 Å². The average Bonchev–Trinajstić information content (AvgIpc) is 2.80. The Bertz CT molecular complexity index is 1260. The molecule has 33 heavy (non-hydrogen) atoms. The summed E-state index contributed by atoms with van der Waals surface area (Å²) in [5.74, 6) is 1.78. The van der Waals surface area contributed by atoms with E-state index in [4.69, 9.17) is 4.74 Å². The molecule has 3 N–H and O–H groups in total. The molecule has 5 heteroatoms. The van der Waals surface area contributed by atoms with Crippen molar-refractivity contribution in [2.45, 2.75) is 27.7 Å². The van der Waals surface area contributed by atoms with Crippen molar-refractivity contribution in [3.63, 3.8) is 0 Å². The van der Waals surface area contributed by atoms with Crippen molar-refractivity contribution >= 4 is 17.1 Å². The number of aryl methyl sites for hydroxylation is 3. The van der Waals surface area contributed by atoms with Gasteiger partial charge in [-0.3, -0.25) is 0 Å². The van der Waals surface area contributed by atoms with Crippen LogP contribution in [0.1, 0.15) is 22.3 Å². The lowest BCUT2D eigenvalue weighted by atomic mass is 10.1. The van der Waals surface area contributed by atoms with Gasteiger partial charge in [-0.1, -0.05) is 18.2 Å². The molecule has 0 saturated heterocycles. The highest BCUT2D eigenvalue weighted by molar-refractivity contribution is 5.81. The van der Waals surface area contributed by atoms with E-state index in [2.05, 4.69) is 0 Å². The minimum atomic E-state index is 0.160. The second kappa shape index (κ2) is 8.79. The van der Waals surface area contributed by atoms with Crippen molar-refractivity contribution in [2.24, 2.45) is 0 Å². The fourth-order valence-electron chi connectivity index (χ4n) is 3.84. The summed E-state index contributed by atoms with van der Waals surface area (Å²) in [5, 5.41) is 30.4. The quantitative estimate of drug-likeness (QED) is 0.303. The van der Waals surface area contributed by atoms with Crippen LogP contribution in [0.5, 0.6) is 28.7 Å². The van der Waals surface area contributed by atoms with Gasteiger partial charge in [0.25, 0.3) is 0 Å². The lowest BCUT2D eigenvalue weighted by Gasteiger charge is -2.28. The van der Waals surface area contributed by atoms with Gasteiger partial charge in [-0.05, 0) is 86.8 Å². The first-order chi connectivity index (χ1) is 15.7. The highest BCUT2D eigenvalue weighted by Gasteiger charge is 2.18. The maximum atomic E-state index is 10.2. The van der Waals surface area contributed by atoms with Crippen LogP contribution in [0.3, 0.4) is 0 Å². The van der Waals surface area contributed by atoms with Crippen LogP contribution in [-0.2, 0) is 0 Å². The fourth-order valence-corrected chi connectivity index (χ4v) is 3.84. The van der Waals surface area contributed by atoms with Crippen LogP contribution in [0, 0.1) is 27.7 Å². The highest BCUT2D eigenvalue weighted by atomic mass is 16.5. The Morgan fingerprint density at radius 2 is 1.12 bits per heavy atom. The molecule has 0 radical (unpaired) electrons. The van der Waals surface area contributed by atoms with Gasteiger partial charge in [0, 0.05) is 23.4 Å². The van der Waals surface area contributed by atoms with E-state index in [0.29, 0.717) is 17.1 Å². The lowest BCUT2D eigenvalue weighted by molar-refractivity contribution is 0.446. The largest absolute Gasteiger partial charge is 0.508 e. The van der Waals surface area contributed by atoms with Gasteiger partial charge in [0.2, 0.25) is 0 Å². The van der Waals surface area contributed by atoms with Gasteiger partial charge < -0.3 is 25.0 Å². The smallest absolute Gasteiger partial charge is 0.136 e. The van der Waals surface area contributed by atoms with Gasteiger partial charge >= 0.3 is 0 Å². The Hall–Kier alpha value is -4.12. The van der Waals surface area contributed by atoms with Crippen molar-refractivity contribution in [3.05, 3.63) is 95.1 Å². The number of benzene rings is 4. The number of rotatable bonds is 5. The van der Waals surface area contributed by atoms with Crippen LogP contribution in [0.15, 0.2) is 72.8 Å². The van der Waals surface area contributed by atoms with E-state index in [1.54, 1.807) is 30.3 Å². The summed E-state index contributed by atoms with van der Waals surface area (Å²) in [4.78, 5) is 2.00. The van der Waals surface area contributed by atoms with Gasteiger partial charge in [-0.2, -0.15) is 0 Å². The summed E-state index contributed by atoms with van der Waals surface area (Å²) < 4.78 is 6.09. The minimum absolute atomic E-state index is 0.160. The Balaban J connectivity index is 1.78. The van der Waals surface area contributed by atoms with E-state index >= 15 is 0 Å². The van der Waals surface area contributed by atoms with Crippen molar-refractivity contribution in [2.75, 3.05) is 4.90 Å². The molecule has 0 aromatic heterocycles. The number of anilines is 3. The van der Waals surface area contributed by atoms with Crippen LogP contribution in [0.25, 0.3) is 0 Å². The molecule has 0 saturated carbocycles. The van der Waals surface area contributed by atoms with E-state index in [1.165, 1.54) is 0 Å². The standard InChI is InChI=1S/C28H27NO4/c1-17-5-10-22(30)15-25(17)29(26-16-23(31)11-6-18(26)2)21-8-12-24(13-9-21)33-28-19(3)7-14-27(32)20(28)4/h5-16,30-32H,1-4H3. The number of nitrogens with zero attached hydrogens (tertiary/aromatic N) is 1. The number of phenolic OH excluding ortho intramolecular Hbond substituents is 3. The van der Waals surface area contributed by atoms with Crippen molar-refractivity contribution in [1.29, 1.82) is 0 Å². The predicted molar refractivity (Wildman–Crippen MR) is 132 cm³/mol. The Morgan fingerprint density at radius 1 is 0.606 bits per heavy atom. The molecule has 0 fully saturated rings. The zero-order chi connectivity index (χ0) is 23.7. The third-order valence-electron chi connectivity index (χ3n) is 5.76. The minimum Gasteiger partial charge on any atom is -0.508 e. The molecular weight excluding hydrogens is 414 g/mol. The van der Waals surface area contributed by atoms with E-state index in [9.17, 15) is 15.3 Å². The number of hydrogen-bond acceptors (Lipinski definition) is 5. The molecule has 0 bridgehead atoms. The molecule has 0 heterocycles. The van der Waals surface area contributed by atoms with Gasteiger partial charge in [-0.15, -0.1) is 0 Å². The summed E-state index contributed by atoms with van der Waals surface area (Å²) in [7, 11) is 0. The van der Waals surface area contributed by atoms with Crippen LogP contribution in [-0.4, -0.2) is 15.3 Å². The normalized spacial score (nSPS) is 10.8. The second-order valence-corrected chi connectivity index (χ2v) is 8.23. The van der Waals surface area contributed by atoms with Crippen molar-refractivity contribution in [1.82, 2.24) is 0 Å². The molecule has 0 atom stereocenters. The van der Waals surface area contributed by atoms with E-state index in [1.807, 2.05) is 75.1 Å². The molecule has 0 unspecified atom stereocenters. The van der Waals surface area contributed by atoms with Gasteiger partial charge in [0.05, 0.1) is 11.4 Å². The molecule has 0 aliphatic carbocycles. The molecule has 4 rings (SSSR count). The zero-order valence-electron chi connectivity index (χ0n) is 19.1. The SMILES string of the molecule is Cc1ccc(O)cc1N(c1ccc(Oc2c(C)ccc(O)c2C)cc1)c1cc(O)ccc1C. The number of aromatic hydroxyl groups is 3. The Morgan fingerprint density at radius 3 is 1.67 bits per heavy atom. The third-order valence-corrected chi connectivity index (χ3v) is 5.76. The summed E-state index contributed by atoms with van der Waals surface area (Å²) in [6.07, 6.45) is 0. The maximum absolute atomic E-state index is 10.2. The molecule has 4 aromatic rings. The second-order valence-electron chi connectivity index (χ2n) is 8.23. The molecule has 4 aromatic carbocycles. The zero-order valence-corrected chi connectivity index (χ0v) is 19.1. The van der Waals surface area contributed by atoms with Gasteiger partial charge in [0.1, 0.15) is 28.7 Å². The van der Waals surface area contributed by atoms with Gasteiger partial charge in [-0.25, -0.2) is 0 Å².